The Hall–Kier alpha value is -0.940. The van der Waals surface area contributed by atoms with Gasteiger partial charge in [0.2, 0.25) is 0 Å². The molecule has 17 heavy (non-hydrogen) atoms. The molecule has 1 aromatic heterocycles. The molecule has 3 nitrogen and oxygen atoms in total. The van der Waals surface area contributed by atoms with E-state index in [0.29, 0.717) is 11.3 Å². The van der Waals surface area contributed by atoms with E-state index in [0.717, 1.165) is 19.8 Å². The molecule has 0 saturated heterocycles. The third kappa shape index (κ3) is 2.35. The van der Waals surface area contributed by atoms with E-state index in [4.69, 9.17) is 4.74 Å². The normalized spacial score (nSPS) is 10.6. The molecule has 0 unspecified atom stereocenters. The lowest BCUT2D eigenvalue weighted by Crippen LogP contribution is -2.05. The first-order valence-corrected chi connectivity index (χ1v) is 6.46. The number of methoxy groups -OCH3 is 1. The number of hydrogen-bond donors (Lipinski definition) is 0. The summed E-state index contributed by atoms with van der Waals surface area (Å²) in [5.41, 5.74) is 1.98. The van der Waals surface area contributed by atoms with Crippen LogP contribution in [0.1, 0.15) is 16.1 Å². The molecule has 2 rings (SSSR count). The predicted molar refractivity (Wildman–Crippen MR) is 73.2 cm³/mol. The highest BCUT2D eigenvalue weighted by Gasteiger charge is 2.13. The summed E-state index contributed by atoms with van der Waals surface area (Å²) in [6.07, 6.45) is 0. The summed E-state index contributed by atoms with van der Waals surface area (Å²) in [7, 11) is 1.36. The fourth-order valence-corrected chi connectivity index (χ4v) is 2.97. The standard InChI is InChI=1S/C12H9Br2NO2/c1-6-9(12(16)17-2)4-7-3-8(13)5-10(14)11(7)15-6/h3-5H,1-2H3. The van der Waals surface area contributed by atoms with Crippen molar-refractivity contribution in [1.29, 1.82) is 0 Å². The summed E-state index contributed by atoms with van der Waals surface area (Å²) in [5, 5.41) is 0.886. The lowest BCUT2D eigenvalue weighted by atomic mass is 10.1. The molecule has 0 N–H and O–H groups in total. The van der Waals surface area contributed by atoms with Gasteiger partial charge in [-0.3, -0.25) is 4.98 Å². The van der Waals surface area contributed by atoms with Crippen molar-refractivity contribution >= 4 is 48.7 Å². The highest BCUT2D eigenvalue weighted by molar-refractivity contribution is 9.11. The van der Waals surface area contributed by atoms with Crippen LogP contribution in [-0.4, -0.2) is 18.1 Å². The van der Waals surface area contributed by atoms with E-state index in [9.17, 15) is 4.79 Å². The average Bonchev–Trinajstić information content (AvgIpc) is 2.28. The number of hydrogen-bond acceptors (Lipinski definition) is 3. The Balaban J connectivity index is 2.76. The number of carbonyl (C=O) groups excluding carboxylic acids is 1. The van der Waals surface area contributed by atoms with Gasteiger partial charge in [-0.15, -0.1) is 0 Å². The van der Waals surface area contributed by atoms with E-state index >= 15 is 0 Å². The Labute approximate surface area is 115 Å². The number of halogens is 2. The molecule has 0 fully saturated rings. The fourth-order valence-electron chi connectivity index (χ4n) is 1.62. The first-order chi connectivity index (χ1) is 8.02. The van der Waals surface area contributed by atoms with Crippen molar-refractivity contribution in [3.8, 4) is 0 Å². The van der Waals surface area contributed by atoms with Gasteiger partial charge in [-0.25, -0.2) is 4.79 Å². The van der Waals surface area contributed by atoms with E-state index < -0.39 is 0 Å². The summed E-state index contributed by atoms with van der Waals surface area (Å²) in [5.74, 6) is -0.368. The summed E-state index contributed by atoms with van der Waals surface area (Å²) in [6, 6.07) is 5.63. The monoisotopic (exact) mass is 357 g/mol. The van der Waals surface area contributed by atoms with Crippen LogP contribution in [0.4, 0.5) is 0 Å². The smallest absolute Gasteiger partial charge is 0.339 e. The summed E-state index contributed by atoms with van der Waals surface area (Å²) in [6.45, 7) is 1.79. The van der Waals surface area contributed by atoms with Crippen molar-refractivity contribution in [1.82, 2.24) is 4.98 Å². The predicted octanol–water partition coefficient (Wildman–Crippen LogP) is 3.85. The number of aryl methyl sites for hydroxylation is 1. The minimum absolute atomic E-state index is 0.368. The van der Waals surface area contributed by atoms with Crippen LogP contribution in [0.5, 0.6) is 0 Å². The number of nitrogens with zero attached hydrogens (tertiary/aromatic N) is 1. The molecule has 0 aliphatic heterocycles. The van der Waals surface area contributed by atoms with Gasteiger partial charge in [-0.05, 0) is 41.1 Å². The zero-order valence-electron chi connectivity index (χ0n) is 9.25. The van der Waals surface area contributed by atoms with Crippen LogP contribution >= 0.6 is 31.9 Å². The van der Waals surface area contributed by atoms with E-state index in [-0.39, 0.29) is 5.97 Å². The summed E-state index contributed by atoms with van der Waals surface area (Å²) < 4.78 is 6.54. The maximum atomic E-state index is 11.6. The molecule has 0 atom stereocenters. The Morgan fingerprint density at radius 2 is 2.00 bits per heavy atom. The molecule has 88 valence electrons. The van der Waals surface area contributed by atoms with Gasteiger partial charge in [0.05, 0.1) is 23.9 Å². The van der Waals surface area contributed by atoms with Crippen molar-refractivity contribution in [2.24, 2.45) is 0 Å². The SMILES string of the molecule is COC(=O)c1cc2cc(Br)cc(Br)c2nc1C. The highest BCUT2D eigenvalue weighted by Crippen LogP contribution is 2.28. The number of ether oxygens (including phenoxy) is 1. The van der Waals surface area contributed by atoms with Gasteiger partial charge in [-0.1, -0.05) is 15.9 Å². The molecule has 0 spiro atoms. The zero-order valence-corrected chi connectivity index (χ0v) is 12.4. The largest absolute Gasteiger partial charge is 0.465 e. The van der Waals surface area contributed by atoms with Crippen LogP contribution in [0.15, 0.2) is 27.1 Å². The minimum Gasteiger partial charge on any atom is -0.465 e. The second-order valence-corrected chi connectivity index (χ2v) is 5.34. The van der Waals surface area contributed by atoms with Gasteiger partial charge >= 0.3 is 5.97 Å². The Morgan fingerprint density at radius 1 is 1.29 bits per heavy atom. The molecule has 1 aromatic carbocycles. The fraction of sp³-hybridized carbons (Fsp3) is 0.167. The van der Waals surface area contributed by atoms with Gasteiger partial charge in [0, 0.05) is 14.3 Å². The maximum Gasteiger partial charge on any atom is 0.339 e. The second-order valence-electron chi connectivity index (χ2n) is 3.57. The molecular formula is C12H9Br2NO2. The molecule has 0 aliphatic rings. The summed E-state index contributed by atoms with van der Waals surface area (Å²) >= 11 is 6.86. The van der Waals surface area contributed by atoms with E-state index in [1.807, 2.05) is 12.1 Å². The average molecular weight is 359 g/mol. The molecule has 5 heteroatoms. The Bertz CT molecular complexity index is 611. The molecular weight excluding hydrogens is 350 g/mol. The van der Waals surface area contributed by atoms with Crippen LogP contribution in [0.2, 0.25) is 0 Å². The molecule has 0 saturated carbocycles. The lowest BCUT2D eigenvalue weighted by molar-refractivity contribution is 0.0599. The number of esters is 1. The van der Waals surface area contributed by atoms with Crippen LogP contribution in [0.3, 0.4) is 0 Å². The number of pyridine rings is 1. The van der Waals surface area contributed by atoms with E-state index in [1.54, 1.807) is 13.0 Å². The van der Waals surface area contributed by atoms with Crippen molar-refractivity contribution in [3.63, 3.8) is 0 Å². The quantitative estimate of drug-likeness (QED) is 0.726. The third-order valence-electron chi connectivity index (χ3n) is 2.43. The minimum atomic E-state index is -0.368. The third-order valence-corrected chi connectivity index (χ3v) is 3.49. The topological polar surface area (TPSA) is 39.2 Å². The molecule has 1 heterocycles. The van der Waals surface area contributed by atoms with Crippen molar-refractivity contribution in [2.75, 3.05) is 7.11 Å². The van der Waals surface area contributed by atoms with Gasteiger partial charge < -0.3 is 4.74 Å². The van der Waals surface area contributed by atoms with Crippen LogP contribution < -0.4 is 0 Å². The molecule has 0 aliphatic carbocycles. The number of aromatic nitrogens is 1. The van der Waals surface area contributed by atoms with Gasteiger partial charge in [0.15, 0.2) is 0 Å². The molecule has 0 bridgehead atoms. The zero-order chi connectivity index (χ0) is 12.6. The van der Waals surface area contributed by atoms with Crippen molar-refractivity contribution in [3.05, 3.63) is 38.4 Å². The van der Waals surface area contributed by atoms with Crippen LogP contribution in [0, 0.1) is 6.92 Å². The number of benzene rings is 1. The van der Waals surface area contributed by atoms with Crippen LogP contribution in [0.25, 0.3) is 10.9 Å². The summed E-state index contributed by atoms with van der Waals surface area (Å²) in [4.78, 5) is 16.0. The van der Waals surface area contributed by atoms with Gasteiger partial charge in [0.1, 0.15) is 0 Å². The van der Waals surface area contributed by atoms with Crippen molar-refractivity contribution < 1.29 is 9.53 Å². The lowest BCUT2D eigenvalue weighted by Gasteiger charge is -2.07. The van der Waals surface area contributed by atoms with Crippen molar-refractivity contribution in [2.45, 2.75) is 6.92 Å². The van der Waals surface area contributed by atoms with Gasteiger partial charge in [-0.2, -0.15) is 0 Å². The number of rotatable bonds is 1. The first kappa shape index (κ1) is 12.5. The Kier molecular flexibility index (Phi) is 3.49. The van der Waals surface area contributed by atoms with Gasteiger partial charge in [0.25, 0.3) is 0 Å². The number of fused-ring (bicyclic) bond motifs is 1. The van der Waals surface area contributed by atoms with E-state index in [2.05, 4.69) is 36.8 Å². The molecule has 0 amide bonds. The molecule has 2 aromatic rings. The maximum absolute atomic E-state index is 11.6. The first-order valence-electron chi connectivity index (χ1n) is 4.87. The van der Waals surface area contributed by atoms with Crippen LogP contribution in [-0.2, 0) is 4.74 Å². The second kappa shape index (κ2) is 4.74. The molecule has 0 radical (unpaired) electrons. The Morgan fingerprint density at radius 3 is 2.65 bits per heavy atom. The highest BCUT2D eigenvalue weighted by atomic mass is 79.9. The van der Waals surface area contributed by atoms with E-state index in [1.165, 1.54) is 7.11 Å². The number of carbonyl (C=O) groups is 1.